The number of hydrogen-bond donors (Lipinski definition) is 3. The van der Waals surface area contributed by atoms with E-state index >= 15 is 0 Å². The number of sulfonamides is 1. The van der Waals surface area contributed by atoms with E-state index in [1.54, 1.807) is 31.4 Å². The SMILES string of the molecule is CN=C(NCCc1ccc(S(N)(=O)=O)cc1)NC1CCN(c2ncccc2F)C1. The molecule has 1 atom stereocenters. The number of nitrogens with one attached hydrogen (secondary N) is 2. The molecule has 0 amide bonds. The molecule has 2 aromatic rings. The number of rotatable bonds is 6. The fraction of sp³-hybridized carbons (Fsp3) is 0.368. The summed E-state index contributed by atoms with van der Waals surface area (Å²) in [6.07, 6.45) is 3.14. The van der Waals surface area contributed by atoms with Crippen LogP contribution in [0.2, 0.25) is 0 Å². The Kier molecular flexibility index (Phi) is 6.65. The van der Waals surface area contributed by atoms with Gasteiger partial charge in [0, 0.05) is 38.9 Å². The molecule has 0 aliphatic carbocycles. The molecule has 156 valence electrons. The van der Waals surface area contributed by atoms with Gasteiger partial charge < -0.3 is 15.5 Å². The Morgan fingerprint density at radius 3 is 2.76 bits per heavy atom. The van der Waals surface area contributed by atoms with Crippen LogP contribution in [-0.2, 0) is 16.4 Å². The first-order chi connectivity index (χ1) is 13.9. The van der Waals surface area contributed by atoms with Crippen LogP contribution in [0, 0.1) is 5.82 Å². The third-order valence-electron chi connectivity index (χ3n) is 4.75. The number of nitrogens with two attached hydrogens (primary N) is 1. The van der Waals surface area contributed by atoms with Crippen molar-refractivity contribution >= 4 is 21.8 Å². The van der Waals surface area contributed by atoms with Gasteiger partial charge in [0.1, 0.15) is 0 Å². The molecular weight excluding hydrogens is 395 g/mol. The molecule has 0 bridgehead atoms. The Hall–Kier alpha value is -2.72. The lowest BCUT2D eigenvalue weighted by Gasteiger charge is -2.20. The summed E-state index contributed by atoms with van der Waals surface area (Å²) in [6.45, 7) is 1.99. The van der Waals surface area contributed by atoms with Crippen molar-refractivity contribution in [2.75, 3.05) is 31.6 Å². The molecule has 1 aliphatic rings. The molecule has 4 N–H and O–H groups in total. The molecule has 2 heterocycles. The summed E-state index contributed by atoms with van der Waals surface area (Å²) in [5.41, 5.74) is 0.984. The van der Waals surface area contributed by atoms with E-state index in [-0.39, 0.29) is 16.8 Å². The number of halogens is 1. The molecule has 8 nitrogen and oxygen atoms in total. The fourth-order valence-corrected chi connectivity index (χ4v) is 3.75. The third kappa shape index (κ3) is 5.64. The van der Waals surface area contributed by atoms with Crippen molar-refractivity contribution in [3.63, 3.8) is 0 Å². The van der Waals surface area contributed by atoms with Crippen LogP contribution >= 0.6 is 0 Å². The molecule has 3 rings (SSSR count). The Morgan fingerprint density at radius 2 is 2.10 bits per heavy atom. The number of pyridine rings is 1. The van der Waals surface area contributed by atoms with E-state index < -0.39 is 10.0 Å². The molecule has 0 radical (unpaired) electrons. The molecule has 1 saturated heterocycles. The topological polar surface area (TPSA) is 113 Å². The Labute approximate surface area is 170 Å². The van der Waals surface area contributed by atoms with Crippen molar-refractivity contribution in [1.29, 1.82) is 0 Å². The zero-order chi connectivity index (χ0) is 20.9. The average Bonchev–Trinajstić information content (AvgIpc) is 3.15. The first-order valence-corrected chi connectivity index (χ1v) is 10.9. The number of guanidine groups is 1. The molecule has 10 heteroatoms. The molecular formula is C19H25FN6O2S. The second kappa shape index (κ2) is 9.19. The summed E-state index contributed by atoms with van der Waals surface area (Å²) in [5.74, 6) is 0.728. The van der Waals surface area contributed by atoms with Crippen LogP contribution in [0.5, 0.6) is 0 Å². The lowest BCUT2D eigenvalue weighted by atomic mass is 10.1. The standard InChI is InChI=1S/C19H25FN6O2S/c1-22-19(24-11-8-14-4-6-16(7-5-14)29(21,27)28)25-15-9-12-26(13-15)18-17(20)3-2-10-23-18/h2-7,10,15H,8-9,11-13H2,1H3,(H2,21,27,28)(H2,22,24,25). The van der Waals surface area contributed by atoms with Gasteiger partial charge in [-0.25, -0.2) is 22.9 Å². The van der Waals surface area contributed by atoms with E-state index in [9.17, 15) is 12.8 Å². The predicted molar refractivity (Wildman–Crippen MR) is 111 cm³/mol. The number of primary sulfonamides is 1. The maximum atomic E-state index is 13.9. The van der Waals surface area contributed by atoms with Crippen molar-refractivity contribution in [2.24, 2.45) is 10.1 Å². The van der Waals surface area contributed by atoms with Crippen LogP contribution < -0.4 is 20.7 Å². The number of hydrogen-bond acceptors (Lipinski definition) is 5. The van der Waals surface area contributed by atoms with Gasteiger partial charge in [-0.3, -0.25) is 4.99 Å². The summed E-state index contributed by atoms with van der Waals surface area (Å²) < 4.78 is 36.5. The van der Waals surface area contributed by atoms with Crippen LogP contribution in [0.15, 0.2) is 52.5 Å². The number of nitrogens with zero attached hydrogens (tertiary/aromatic N) is 3. The molecule has 1 unspecified atom stereocenters. The highest BCUT2D eigenvalue weighted by Crippen LogP contribution is 2.20. The van der Waals surface area contributed by atoms with Crippen LogP contribution in [0.25, 0.3) is 0 Å². The van der Waals surface area contributed by atoms with Gasteiger partial charge in [0.2, 0.25) is 10.0 Å². The minimum Gasteiger partial charge on any atom is -0.356 e. The summed E-state index contributed by atoms with van der Waals surface area (Å²) >= 11 is 0. The average molecular weight is 421 g/mol. The monoisotopic (exact) mass is 420 g/mol. The van der Waals surface area contributed by atoms with Gasteiger partial charge in [0.25, 0.3) is 0 Å². The maximum Gasteiger partial charge on any atom is 0.238 e. The number of anilines is 1. The lowest BCUT2D eigenvalue weighted by molar-refractivity contribution is 0.597. The smallest absolute Gasteiger partial charge is 0.238 e. The highest BCUT2D eigenvalue weighted by Gasteiger charge is 2.25. The van der Waals surface area contributed by atoms with Crippen molar-refractivity contribution in [1.82, 2.24) is 15.6 Å². The fourth-order valence-electron chi connectivity index (χ4n) is 3.24. The molecule has 29 heavy (non-hydrogen) atoms. The first-order valence-electron chi connectivity index (χ1n) is 9.31. The van der Waals surface area contributed by atoms with E-state index in [1.807, 2.05) is 4.90 Å². The molecule has 0 saturated carbocycles. The van der Waals surface area contributed by atoms with E-state index in [0.29, 0.717) is 31.3 Å². The molecule has 1 aliphatic heterocycles. The van der Waals surface area contributed by atoms with E-state index in [0.717, 1.165) is 18.5 Å². The van der Waals surface area contributed by atoms with Crippen molar-refractivity contribution in [2.45, 2.75) is 23.8 Å². The van der Waals surface area contributed by atoms with Gasteiger partial charge >= 0.3 is 0 Å². The molecule has 1 aromatic carbocycles. The van der Waals surface area contributed by atoms with E-state index in [2.05, 4.69) is 20.6 Å². The number of benzene rings is 1. The first kappa shape index (κ1) is 21.0. The normalized spacial score (nSPS) is 17.4. The van der Waals surface area contributed by atoms with Crippen LogP contribution in [0.3, 0.4) is 0 Å². The van der Waals surface area contributed by atoms with Gasteiger partial charge in [-0.1, -0.05) is 12.1 Å². The molecule has 1 fully saturated rings. The van der Waals surface area contributed by atoms with E-state index in [1.165, 1.54) is 18.2 Å². The van der Waals surface area contributed by atoms with Crippen LogP contribution in [0.1, 0.15) is 12.0 Å². The highest BCUT2D eigenvalue weighted by molar-refractivity contribution is 7.89. The third-order valence-corrected chi connectivity index (χ3v) is 5.68. The summed E-state index contributed by atoms with van der Waals surface area (Å²) in [6, 6.07) is 9.62. The second-order valence-corrected chi connectivity index (χ2v) is 8.38. The van der Waals surface area contributed by atoms with Gasteiger partial charge in [0.05, 0.1) is 4.90 Å². The second-order valence-electron chi connectivity index (χ2n) is 6.82. The summed E-state index contributed by atoms with van der Waals surface area (Å²) in [4.78, 5) is 10.4. The Bertz CT molecular complexity index is 965. The van der Waals surface area contributed by atoms with Crippen LogP contribution in [0.4, 0.5) is 10.2 Å². The van der Waals surface area contributed by atoms with Gasteiger partial charge in [-0.2, -0.15) is 0 Å². The quantitative estimate of drug-likeness (QED) is 0.472. The summed E-state index contributed by atoms with van der Waals surface area (Å²) in [5, 5.41) is 11.7. The predicted octanol–water partition coefficient (Wildman–Crippen LogP) is 0.855. The summed E-state index contributed by atoms with van der Waals surface area (Å²) in [7, 11) is -1.98. The number of aromatic nitrogens is 1. The van der Waals surface area contributed by atoms with Crippen molar-refractivity contribution < 1.29 is 12.8 Å². The Morgan fingerprint density at radius 1 is 1.34 bits per heavy atom. The van der Waals surface area contributed by atoms with Crippen LogP contribution in [-0.4, -0.2) is 52.1 Å². The lowest BCUT2D eigenvalue weighted by Crippen LogP contribution is -2.45. The maximum absolute atomic E-state index is 13.9. The van der Waals surface area contributed by atoms with Crippen molar-refractivity contribution in [3.8, 4) is 0 Å². The minimum atomic E-state index is -3.67. The minimum absolute atomic E-state index is 0.0989. The van der Waals surface area contributed by atoms with Gasteiger partial charge in [0.15, 0.2) is 17.6 Å². The highest BCUT2D eigenvalue weighted by atomic mass is 32.2. The van der Waals surface area contributed by atoms with Gasteiger partial charge in [-0.15, -0.1) is 0 Å². The zero-order valence-corrected chi connectivity index (χ0v) is 17.0. The number of aliphatic imine (C=N–C) groups is 1. The molecule has 0 spiro atoms. The Balaban J connectivity index is 1.47. The zero-order valence-electron chi connectivity index (χ0n) is 16.2. The molecule has 1 aromatic heterocycles. The van der Waals surface area contributed by atoms with Gasteiger partial charge in [-0.05, 0) is 42.7 Å². The van der Waals surface area contributed by atoms with E-state index in [4.69, 9.17) is 5.14 Å². The van der Waals surface area contributed by atoms with Crippen molar-refractivity contribution in [3.05, 3.63) is 54.0 Å². The largest absolute Gasteiger partial charge is 0.356 e.